The Morgan fingerprint density at radius 2 is 1.93 bits per heavy atom. The molecule has 0 spiro atoms. The van der Waals surface area contributed by atoms with Gasteiger partial charge in [-0.15, -0.1) is 0 Å². The molecular weight excluding hydrogens is 386 g/mol. The second-order valence-electron chi connectivity index (χ2n) is 7.07. The van der Waals surface area contributed by atoms with E-state index in [9.17, 15) is 9.59 Å². The summed E-state index contributed by atoms with van der Waals surface area (Å²) in [5.41, 5.74) is 3.96. The van der Waals surface area contributed by atoms with E-state index in [0.717, 1.165) is 16.8 Å². The van der Waals surface area contributed by atoms with Crippen LogP contribution in [0.5, 0.6) is 0 Å². The van der Waals surface area contributed by atoms with Crippen molar-refractivity contribution in [2.45, 2.75) is 25.9 Å². The lowest BCUT2D eigenvalue weighted by molar-refractivity contribution is -0.121. The predicted octanol–water partition coefficient (Wildman–Crippen LogP) is 4.45. The van der Waals surface area contributed by atoms with Crippen molar-refractivity contribution in [1.82, 2.24) is 10.3 Å². The van der Waals surface area contributed by atoms with E-state index in [2.05, 4.69) is 10.3 Å². The van der Waals surface area contributed by atoms with E-state index >= 15 is 0 Å². The van der Waals surface area contributed by atoms with Crippen molar-refractivity contribution in [3.63, 3.8) is 0 Å². The lowest BCUT2D eigenvalue weighted by Gasteiger charge is -2.25. The molecule has 1 aromatic heterocycles. The van der Waals surface area contributed by atoms with E-state index in [1.54, 1.807) is 35.4 Å². The van der Waals surface area contributed by atoms with Gasteiger partial charge < -0.3 is 5.32 Å². The molecule has 0 radical (unpaired) electrons. The maximum atomic E-state index is 13.1. The minimum Gasteiger partial charge on any atom is -0.352 e. The Balaban J connectivity index is 1.56. The number of hydrogen-bond acceptors (Lipinski definition) is 3. The topological polar surface area (TPSA) is 62.3 Å². The maximum absolute atomic E-state index is 13.1. The van der Waals surface area contributed by atoms with Crippen LogP contribution < -0.4 is 10.2 Å². The summed E-state index contributed by atoms with van der Waals surface area (Å²) in [6, 6.07) is 18.1. The average Bonchev–Trinajstić information content (AvgIpc) is 2.99. The molecule has 0 aliphatic carbocycles. The number of nitrogens with one attached hydrogen (secondary N) is 1. The molecule has 0 saturated heterocycles. The highest BCUT2D eigenvalue weighted by atomic mass is 35.5. The first-order valence-electron chi connectivity index (χ1n) is 9.39. The van der Waals surface area contributed by atoms with Gasteiger partial charge in [0.1, 0.15) is 0 Å². The lowest BCUT2D eigenvalue weighted by atomic mass is 10.1. The number of carbonyl (C=O) groups is 2. The van der Waals surface area contributed by atoms with Crippen LogP contribution in [0.15, 0.2) is 66.9 Å². The second-order valence-corrected chi connectivity index (χ2v) is 7.51. The Labute approximate surface area is 174 Å². The maximum Gasteiger partial charge on any atom is 0.260 e. The molecule has 3 aromatic rings. The molecule has 146 valence electrons. The third kappa shape index (κ3) is 4.00. The zero-order chi connectivity index (χ0) is 20.4. The average molecular weight is 406 g/mol. The van der Waals surface area contributed by atoms with Crippen LogP contribution in [0.25, 0.3) is 0 Å². The van der Waals surface area contributed by atoms with Crippen LogP contribution in [0, 0.1) is 6.92 Å². The normalized spacial score (nSPS) is 15.3. The number of halogens is 1. The van der Waals surface area contributed by atoms with Gasteiger partial charge in [-0.1, -0.05) is 35.9 Å². The standard InChI is InChI=1S/C23H20ClN3O2/c1-15-4-2-5-18(12-15)27-20(22-19(23(27)29)6-3-11-25-22)13-21(28)26-14-16-7-9-17(24)10-8-16/h2-12,20H,13-14H2,1H3,(H,26,28). The first-order chi connectivity index (χ1) is 14.0. The van der Waals surface area contributed by atoms with Crippen molar-refractivity contribution in [2.75, 3.05) is 4.90 Å². The summed E-state index contributed by atoms with van der Waals surface area (Å²) in [4.78, 5) is 31.8. The highest BCUT2D eigenvalue weighted by Gasteiger charge is 2.39. The summed E-state index contributed by atoms with van der Waals surface area (Å²) < 4.78 is 0. The van der Waals surface area contributed by atoms with Gasteiger partial charge in [0.2, 0.25) is 5.91 Å². The molecule has 0 saturated carbocycles. The zero-order valence-corrected chi connectivity index (χ0v) is 16.7. The largest absolute Gasteiger partial charge is 0.352 e. The van der Waals surface area contributed by atoms with Crippen molar-refractivity contribution in [1.29, 1.82) is 0 Å². The smallest absolute Gasteiger partial charge is 0.260 e. The number of anilines is 1. The van der Waals surface area contributed by atoms with Gasteiger partial charge in [-0.3, -0.25) is 19.5 Å². The number of carbonyl (C=O) groups excluding carboxylic acids is 2. The Bertz CT molecular complexity index is 1070. The molecule has 6 heteroatoms. The van der Waals surface area contributed by atoms with E-state index < -0.39 is 6.04 Å². The molecule has 4 rings (SSSR count). The van der Waals surface area contributed by atoms with Crippen LogP contribution >= 0.6 is 11.6 Å². The molecule has 0 fully saturated rings. The number of amides is 2. The van der Waals surface area contributed by atoms with Crippen LogP contribution in [0.1, 0.15) is 39.6 Å². The zero-order valence-electron chi connectivity index (χ0n) is 15.9. The molecule has 29 heavy (non-hydrogen) atoms. The number of fused-ring (bicyclic) bond motifs is 1. The number of aromatic nitrogens is 1. The van der Waals surface area contributed by atoms with E-state index in [4.69, 9.17) is 11.6 Å². The Kier molecular flexibility index (Phi) is 5.32. The van der Waals surface area contributed by atoms with Gasteiger partial charge in [0.05, 0.1) is 23.7 Å². The minimum absolute atomic E-state index is 0.130. The van der Waals surface area contributed by atoms with Gasteiger partial charge in [-0.05, 0) is 54.4 Å². The highest BCUT2D eigenvalue weighted by Crippen LogP contribution is 2.38. The Morgan fingerprint density at radius 1 is 1.14 bits per heavy atom. The van der Waals surface area contributed by atoms with E-state index in [1.807, 2.05) is 43.3 Å². The third-order valence-corrected chi connectivity index (χ3v) is 5.23. The SMILES string of the molecule is Cc1cccc(N2C(=O)c3cccnc3C2CC(=O)NCc2ccc(Cl)cc2)c1. The molecule has 1 unspecified atom stereocenters. The number of nitrogens with zero attached hydrogens (tertiary/aromatic N) is 2. The fourth-order valence-electron chi connectivity index (χ4n) is 3.57. The van der Waals surface area contributed by atoms with Crippen molar-refractivity contribution in [2.24, 2.45) is 0 Å². The van der Waals surface area contributed by atoms with Crippen molar-refractivity contribution in [3.05, 3.63) is 94.3 Å². The lowest BCUT2D eigenvalue weighted by Crippen LogP contribution is -2.33. The first-order valence-corrected chi connectivity index (χ1v) is 9.77. The fraction of sp³-hybridized carbons (Fsp3) is 0.174. The summed E-state index contributed by atoms with van der Waals surface area (Å²) in [6.45, 7) is 2.37. The predicted molar refractivity (Wildman–Crippen MR) is 113 cm³/mol. The second kappa shape index (κ2) is 8.05. The van der Waals surface area contributed by atoms with Crippen molar-refractivity contribution >= 4 is 29.1 Å². The van der Waals surface area contributed by atoms with Crippen LogP contribution in [0.4, 0.5) is 5.69 Å². The van der Waals surface area contributed by atoms with Gasteiger partial charge in [0, 0.05) is 23.5 Å². The minimum atomic E-state index is -0.439. The summed E-state index contributed by atoms with van der Waals surface area (Å²) in [5, 5.41) is 3.58. The van der Waals surface area contributed by atoms with E-state index in [1.165, 1.54) is 0 Å². The Morgan fingerprint density at radius 3 is 2.69 bits per heavy atom. The number of pyridine rings is 1. The molecule has 1 atom stereocenters. The van der Waals surface area contributed by atoms with E-state index in [0.29, 0.717) is 22.8 Å². The monoisotopic (exact) mass is 405 g/mol. The third-order valence-electron chi connectivity index (χ3n) is 4.98. The van der Waals surface area contributed by atoms with Crippen LogP contribution in [0.3, 0.4) is 0 Å². The van der Waals surface area contributed by atoms with E-state index in [-0.39, 0.29) is 18.2 Å². The van der Waals surface area contributed by atoms with Gasteiger partial charge in [0.15, 0.2) is 0 Å². The van der Waals surface area contributed by atoms with Crippen molar-refractivity contribution in [3.8, 4) is 0 Å². The number of hydrogen-bond donors (Lipinski definition) is 1. The Hall–Kier alpha value is -3.18. The van der Waals surface area contributed by atoms with Crippen molar-refractivity contribution < 1.29 is 9.59 Å². The molecule has 1 aliphatic heterocycles. The summed E-state index contributed by atoms with van der Waals surface area (Å²) in [6.07, 6.45) is 1.79. The van der Waals surface area contributed by atoms with Gasteiger partial charge in [-0.25, -0.2) is 0 Å². The molecular formula is C23H20ClN3O2. The highest BCUT2D eigenvalue weighted by molar-refractivity contribution is 6.30. The summed E-state index contributed by atoms with van der Waals surface area (Å²) >= 11 is 5.90. The molecule has 1 aliphatic rings. The van der Waals surface area contributed by atoms with Gasteiger partial charge >= 0.3 is 0 Å². The first kappa shape index (κ1) is 19.2. The molecule has 2 heterocycles. The number of benzene rings is 2. The molecule has 2 aromatic carbocycles. The van der Waals surface area contributed by atoms with Crippen LogP contribution in [0.2, 0.25) is 5.02 Å². The quantitative estimate of drug-likeness (QED) is 0.682. The summed E-state index contributed by atoms with van der Waals surface area (Å²) in [7, 11) is 0. The molecule has 0 bridgehead atoms. The van der Waals surface area contributed by atoms with Gasteiger partial charge in [-0.2, -0.15) is 0 Å². The molecule has 1 N–H and O–H groups in total. The fourth-order valence-corrected chi connectivity index (χ4v) is 3.70. The van der Waals surface area contributed by atoms with Crippen LogP contribution in [-0.2, 0) is 11.3 Å². The molecule has 2 amide bonds. The number of rotatable bonds is 5. The molecule has 5 nitrogen and oxygen atoms in total. The van der Waals surface area contributed by atoms with Crippen LogP contribution in [-0.4, -0.2) is 16.8 Å². The number of aryl methyl sites for hydroxylation is 1. The summed E-state index contributed by atoms with van der Waals surface area (Å²) in [5.74, 6) is -0.275. The van der Waals surface area contributed by atoms with Gasteiger partial charge in [0.25, 0.3) is 5.91 Å².